The lowest BCUT2D eigenvalue weighted by Crippen LogP contribution is -2.55. The first-order valence-electron chi connectivity index (χ1n) is 6.70. The van der Waals surface area contributed by atoms with E-state index in [-0.39, 0.29) is 12.1 Å². The second-order valence-corrected chi connectivity index (χ2v) is 6.96. The predicted octanol–water partition coefficient (Wildman–Crippen LogP) is 2.62. The van der Waals surface area contributed by atoms with Crippen molar-refractivity contribution in [3.05, 3.63) is 0 Å². The number of hydrogen-bond acceptors (Lipinski definition) is 4. The highest BCUT2D eigenvalue weighted by atomic mass is 32.2. The summed E-state index contributed by atoms with van der Waals surface area (Å²) in [5.41, 5.74) is -0.460. The molecule has 19 heavy (non-hydrogen) atoms. The lowest BCUT2D eigenvalue weighted by Gasteiger charge is -2.40. The van der Waals surface area contributed by atoms with Crippen molar-refractivity contribution >= 4 is 23.0 Å². The molecule has 0 bridgehead atoms. The summed E-state index contributed by atoms with van der Waals surface area (Å²) in [7, 11) is 0. The third kappa shape index (κ3) is 4.93. The first-order chi connectivity index (χ1) is 8.74. The molecule has 0 aromatic heterocycles. The van der Waals surface area contributed by atoms with Gasteiger partial charge in [0, 0.05) is 25.7 Å². The molecule has 5 nitrogen and oxygen atoms in total. The molecule has 1 rings (SSSR count). The zero-order chi connectivity index (χ0) is 14.6. The molecule has 0 aliphatic carbocycles. The van der Waals surface area contributed by atoms with Gasteiger partial charge in [0.25, 0.3) is 0 Å². The summed E-state index contributed by atoms with van der Waals surface area (Å²) < 4.78 is 5.40. The number of ether oxygens (including phenoxy) is 1. The first kappa shape index (κ1) is 16.1. The maximum Gasteiger partial charge on any atom is 0.410 e. The Hall–Kier alpha value is -0.910. The molecule has 1 atom stereocenters. The molecular formula is C13H25N3O2S. The van der Waals surface area contributed by atoms with Gasteiger partial charge < -0.3 is 14.5 Å². The normalized spacial score (nSPS) is 20.4. The smallest absolute Gasteiger partial charge is 0.410 e. The Morgan fingerprint density at radius 1 is 1.42 bits per heavy atom. The summed E-state index contributed by atoms with van der Waals surface area (Å²) in [4.78, 5) is 15.8. The van der Waals surface area contributed by atoms with E-state index in [1.165, 1.54) is 11.8 Å². The lowest BCUT2D eigenvalue weighted by molar-refractivity contribution is 0.00790. The molecule has 6 heteroatoms. The van der Waals surface area contributed by atoms with Crippen LogP contribution in [0.3, 0.4) is 0 Å². The number of amidine groups is 1. The molecule has 1 aliphatic heterocycles. The number of carbonyl (C=O) groups excluding carboxylic acids is 1. The average molecular weight is 287 g/mol. The van der Waals surface area contributed by atoms with E-state index in [0.717, 1.165) is 5.75 Å². The monoisotopic (exact) mass is 287 g/mol. The molecule has 1 aliphatic rings. The molecule has 1 amide bonds. The van der Waals surface area contributed by atoms with E-state index < -0.39 is 5.60 Å². The van der Waals surface area contributed by atoms with Gasteiger partial charge >= 0.3 is 6.09 Å². The van der Waals surface area contributed by atoms with Crippen LogP contribution in [0.2, 0.25) is 0 Å². The van der Waals surface area contributed by atoms with E-state index in [4.69, 9.17) is 10.1 Å². The van der Waals surface area contributed by atoms with Gasteiger partial charge in [-0.3, -0.25) is 5.41 Å². The Balaban J connectivity index is 2.55. The number of nitrogens with zero attached hydrogens (tertiary/aromatic N) is 2. The van der Waals surface area contributed by atoms with Gasteiger partial charge in [0.05, 0.1) is 0 Å². The number of thioether (sulfide) groups is 1. The van der Waals surface area contributed by atoms with E-state index in [1.807, 2.05) is 39.5 Å². The fraction of sp³-hybridized carbons (Fsp3) is 0.846. The molecule has 110 valence electrons. The van der Waals surface area contributed by atoms with Gasteiger partial charge in [-0.05, 0) is 33.4 Å². The quantitative estimate of drug-likeness (QED) is 0.595. The zero-order valence-corrected chi connectivity index (χ0v) is 13.3. The largest absolute Gasteiger partial charge is 0.444 e. The van der Waals surface area contributed by atoms with Gasteiger partial charge in [-0.2, -0.15) is 0 Å². The molecular weight excluding hydrogens is 262 g/mol. The van der Waals surface area contributed by atoms with Crippen LogP contribution in [0.4, 0.5) is 4.79 Å². The lowest BCUT2D eigenvalue weighted by atomic mass is 10.2. The summed E-state index contributed by atoms with van der Waals surface area (Å²) in [6.45, 7) is 11.7. The minimum Gasteiger partial charge on any atom is -0.444 e. The van der Waals surface area contributed by atoms with Crippen molar-refractivity contribution in [2.24, 2.45) is 0 Å². The molecule has 0 spiro atoms. The van der Waals surface area contributed by atoms with Crippen LogP contribution in [0.1, 0.15) is 34.6 Å². The van der Waals surface area contributed by atoms with Crippen LogP contribution in [-0.2, 0) is 4.74 Å². The molecule has 1 saturated heterocycles. The molecule has 0 aromatic carbocycles. The summed E-state index contributed by atoms with van der Waals surface area (Å²) in [6.07, 6.45) is -0.255. The number of rotatable bonds is 1. The van der Waals surface area contributed by atoms with Gasteiger partial charge in [0.2, 0.25) is 0 Å². The van der Waals surface area contributed by atoms with Crippen molar-refractivity contribution < 1.29 is 9.53 Å². The van der Waals surface area contributed by atoms with Crippen molar-refractivity contribution in [1.82, 2.24) is 9.80 Å². The Morgan fingerprint density at radius 2 is 2.05 bits per heavy atom. The maximum absolute atomic E-state index is 12.1. The van der Waals surface area contributed by atoms with Gasteiger partial charge in [-0.15, -0.1) is 0 Å². The summed E-state index contributed by atoms with van der Waals surface area (Å²) in [5, 5.41) is 8.54. The minimum atomic E-state index is -0.460. The van der Waals surface area contributed by atoms with Crippen LogP contribution in [0.15, 0.2) is 0 Å². The van der Waals surface area contributed by atoms with Crippen LogP contribution in [-0.4, -0.2) is 58.1 Å². The second-order valence-electron chi connectivity index (χ2n) is 5.71. The highest BCUT2D eigenvalue weighted by molar-refractivity contribution is 8.13. The molecule has 0 radical (unpaired) electrons. The number of piperazine rings is 1. The van der Waals surface area contributed by atoms with Crippen molar-refractivity contribution in [2.75, 3.05) is 25.4 Å². The first-order valence-corrected chi connectivity index (χ1v) is 7.69. The van der Waals surface area contributed by atoms with Crippen molar-refractivity contribution in [3.63, 3.8) is 0 Å². The highest BCUT2D eigenvalue weighted by Gasteiger charge is 2.31. The van der Waals surface area contributed by atoms with E-state index in [2.05, 4.69) is 0 Å². The topological polar surface area (TPSA) is 56.6 Å². The number of amides is 1. The fourth-order valence-electron chi connectivity index (χ4n) is 1.96. The SMILES string of the molecule is CCSC(=N)N1CCN(C(=O)OC(C)(C)C)[C@H](C)C1. The Labute approximate surface area is 120 Å². The van der Waals surface area contributed by atoms with Crippen LogP contribution in [0, 0.1) is 5.41 Å². The molecule has 0 unspecified atom stereocenters. The molecule has 1 N–H and O–H groups in total. The van der Waals surface area contributed by atoms with Crippen molar-refractivity contribution in [3.8, 4) is 0 Å². The van der Waals surface area contributed by atoms with Crippen LogP contribution in [0.5, 0.6) is 0 Å². The highest BCUT2D eigenvalue weighted by Crippen LogP contribution is 2.17. The third-order valence-electron chi connectivity index (χ3n) is 2.82. The van der Waals surface area contributed by atoms with Gasteiger partial charge in [0.15, 0.2) is 5.17 Å². The van der Waals surface area contributed by atoms with Crippen LogP contribution < -0.4 is 0 Å². The molecule has 0 saturated carbocycles. The number of carbonyl (C=O) groups is 1. The van der Waals surface area contributed by atoms with E-state index in [9.17, 15) is 4.79 Å². The average Bonchev–Trinajstić information content (AvgIpc) is 2.26. The van der Waals surface area contributed by atoms with E-state index in [0.29, 0.717) is 24.8 Å². The van der Waals surface area contributed by atoms with Crippen molar-refractivity contribution in [1.29, 1.82) is 5.41 Å². The standard InChI is InChI=1S/C13H25N3O2S/c1-6-19-11(14)15-7-8-16(10(2)9-15)12(17)18-13(3,4)5/h10,14H,6-9H2,1-5H3/t10-/m1/s1. The summed E-state index contributed by atoms with van der Waals surface area (Å²) in [5.74, 6) is 0.902. The summed E-state index contributed by atoms with van der Waals surface area (Å²) >= 11 is 1.53. The van der Waals surface area contributed by atoms with Crippen molar-refractivity contribution in [2.45, 2.75) is 46.3 Å². The van der Waals surface area contributed by atoms with Gasteiger partial charge in [0.1, 0.15) is 5.60 Å². The van der Waals surface area contributed by atoms with Gasteiger partial charge in [-0.25, -0.2) is 4.79 Å². The predicted molar refractivity (Wildman–Crippen MR) is 79.8 cm³/mol. The number of nitrogens with one attached hydrogen (secondary N) is 1. The Kier molecular flexibility index (Phi) is 5.52. The third-order valence-corrected chi connectivity index (χ3v) is 3.64. The van der Waals surface area contributed by atoms with Crippen LogP contribution in [0.25, 0.3) is 0 Å². The van der Waals surface area contributed by atoms with Gasteiger partial charge in [-0.1, -0.05) is 18.7 Å². The Morgan fingerprint density at radius 3 is 2.53 bits per heavy atom. The Bertz CT molecular complexity index is 341. The van der Waals surface area contributed by atoms with E-state index in [1.54, 1.807) is 4.90 Å². The minimum absolute atomic E-state index is 0.0707. The zero-order valence-electron chi connectivity index (χ0n) is 12.5. The molecule has 1 fully saturated rings. The van der Waals surface area contributed by atoms with Crippen LogP contribution >= 0.6 is 11.8 Å². The summed E-state index contributed by atoms with van der Waals surface area (Å²) in [6, 6.07) is 0.0707. The molecule has 0 aromatic rings. The van der Waals surface area contributed by atoms with E-state index >= 15 is 0 Å². The fourth-order valence-corrected chi connectivity index (χ4v) is 2.58. The second kappa shape index (κ2) is 6.50. The number of hydrogen-bond donors (Lipinski definition) is 1. The maximum atomic E-state index is 12.1. The molecule has 1 heterocycles.